The Balaban J connectivity index is 3.91. The second kappa shape index (κ2) is 55.2. The molecule has 2 unspecified atom stereocenters. The molecule has 0 amide bonds. The minimum Gasteiger partial charge on any atom is -0.462 e. The Morgan fingerprint density at radius 3 is 1.17 bits per heavy atom. The van der Waals surface area contributed by atoms with Crippen LogP contribution in [0.3, 0.4) is 0 Å². The molecule has 0 aromatic rings. The molecular formula is C60H104NO8P. The van der Waals surface area contributed by atoms with E-state index in [2.05, 4.69) is 111 Å². The highest BCUT2D eigenvalue weighted by Crippen LogP contribution is 2.43. The zero-order chi connectivity index (χ0) is 51.0. The van der Waals surface area contributed by atoms with Crippen molar-refractivity contribution >= 4 is 19.8 Å². The van der Waals surface area contributed by atoms with Crippen LogP contribution in [-0.4, -0.2) is 49.3 Å². The molecule has 0 bridgehead atoms. The van der Waals surface area contributed by atoms with Crippen molar-refractivity contribution in [3.8, 4) is 0 Å². The quantitative estimate of drug-likeness (QED) is 0.0264. The summed E-state index contributed by atoms with van der Waals surface area (Å²) in [7, 11) is -4.39. The van der Waals surface area contributed by atoms with Crippen LogP contribution in [0.15, 0.2) is 97.2 Å². The maximum Gasteiger partial charge on any atom is 0.472 e. The highest BCUT2D eigenvalue weighted by atomic mass is 31.2. The van der Waals surface area contributed by atoms with Crippen molar-refractivity contribution in [2.75, 3.05) is 26.4 Å². The van der Waals surface area contributed by atoms with Crippen LogP contribution >= 0.6 is 7.82 Å². The number of unbranched alkanes of at least 4 members (excludes halogenated alkanes) is 23. The summed E-state index contributed by atoms with van der Waals surface area (Å²) >= 11 is 0. The van der Waals surface area contributed by atoms with Crippen LogP contribution in [0.25, 0.3) is 0 Å². The molecule has 70 heavy (non-hydrogen) atoms. The molecule has 0 fully saturated rings. The monoisotopic (exact) mass is 998 g/mol. The molecule has 0 heterocycles. The van der Waals surface area contributed by atoms with Gasteiger partial charge < -0.3 is 20.1 Å². The second-order valence-electron chi connectivity index (χ2n) is 18.4. The Kier molecular flexibility index (Phi) is 52.8. The van der Waals surface area contributed by atoms with Crippen molar-refractivity contribution in [1.82, 2.24) is 0 Å². The van der Waals surface area contributed by atoms with Crippen molar-refractivity contribution in [2.24, 2.45) is 5.73 Å². The number of hydrogen-bond donors (Lipinski definition) is 2. The lowest BCUT2D eigenvalue weighted by molar-refractivity contribution is -0.161. The molecule has 3 N–H and O–H groups in total. The topological polar surface area (TPSA) is 134 Å². The van der Waals surface area contributed by atoms with Crippen LogP contribution in [0.2, 0.25) is 0 Å². The third kappa shape index (κ3) is 54.3. The van der Waals surface area contributed by atoms with Gasteiger partial charge in [-0.15, -0.1) is 0 Å². The van der Waals surface area contributed by atoms with Gasteiger partial charge in [0.1, 0.15) is 6.61 Å². The van der Waals surface area contributed by atoms with E-state index in [1.165, 1.54) is 96.3 Å². The Hall–Kier alpha value is -3.07. The molecule has 0 rings (SSSR count). The summed E-state index contributed by atoms with van der Waals surface area (Å²) in [5, 5.41) is 0. The molecule has 0 aliphatic carbocycles. The minimum absolute atomic E-state index is 0.0485. The number of esters is 2. The zero-order valence-electron chi connectivity index (χ0n) is 44.7. The summed E-state index contributed by atoms with van der Waals surface area (Å²) in [5.74, 6) is -0.844. The van der Waals surface area contributed by atoms with Crippen LogP contribution in [0, 0.1) is 0 Å². The number of nitrogens with two attached hydrogens (primary N) is 1. The van der Waals surface area contributed by atoms with Gasteiger partial charge in [0.2, 0.25) is 0 Å². The molecule has 0 aliphatic heterocycles. The number of rotatable bonds is 52. The molecule has 0 saturated heterocycles. The summed E-state index contributed by atoms with van der Waals surface area (Å²) in [4.78, 5) is 35.1. The minimum atomic E-state index is -4.39. The van der Waals surface area contributed by atoms with Gasteiger partial charge in [0.15, 0.2) is 6.10 Å². The lowest BCUT2D eigenvalue weighted by atomic mass is 10.0. The van der Waals surface area contributed by atoms with E-state index >= 15 is 0 Å². The van der Waals surface area contributed by atoms with Gasteiger partial charge in [-0.05, 0) is 89.9 Å². The molecule has 0 saturated carbocycles. The molecule has 0 radical (unpaired) electrons. The fraction of sp³-hybridized carbons (Fsp3) is 0.700. The first-order valence-electron chi connectivity index (χ1n) is 28.2. The molecule has 0 spiro atoms. The number of allylic oxidation sites excluding steroid dienone is 16. The van der Waals surface area contributed by atoms with Gasteiger partial charge in [0.05, 0.1) is 13.2 Å². The van der Waals surface area contributed by atoms with E-state index in [9.17, 15) is 19.0 Å². The van der Waals surface area contributed by atoms with Gasteiger partial charge >= 0.3 is 19.8 Å². The molecule has 9 nitrogen and oxygen atoms in total. The number of ether oxygens (including phenoxy) is 2. The van der Waals surface area contributed by atoms with Crippen molar-refractivity contribution in [2.45, 2.75) is 245 Å². The molecule has 10 heteroatoms. The molecule has 0 aromatic carbocycles. The first-order chi connectivity index (χ1) is 34.3. The van der Waals surface area contributed by atoms with E-state index in [1.54, 1.807) is 0 Å². The number of hydrogen-bond acceptors (Lipinski definition) is 8. The number of carbonyl (C=O) groups excluding carboxylic acids is 2. The molecule has 402 valence electrons. The van der Waals surface area contributed by atoms with Gasteiger partial charge in [-0.3, -0.25) is 18.6 Å². The average Bonchev–Trinajstić information content (AvgIpc) is 3.35. The van der Waals surface area contributed by atoms with Crippen LogP contribution in [-0.2, 0) is 32.7 Å². The van der Waals surface area contributed by atoms with Gasteiger partial charge in [0, 0.05) is 19.4 Å². The summed E-state index contributed by atoms with van der Waals surface area (Å²) in [6.07, 6.45) is 73.3. The summed E-state index contributed by atoms with van der Waals surface area (Å²) < 4.78 is 32.9. The highest BCUT2D eigenvalue weighted by Gasteiger charge is 2.26. The lowest BCUT2D eigenvalue weighted by Gasteiger charge is -2.19. The van der Waals surface area contributed by atoms with Gasteiger partial charge in [-0.1, -0.05) is 233 Å². The van der Waals surface area contributed by atoms with E-state index in [0.717, 1.165) is 103 Å². The van der Waals surface area contributed by atoms with Gasteiger partial charge in [0.25, 0.3) is 0 Å². The average molecular weight is 998 g/mol. The fourth-order valence-electron chi connectivity index (χ4n) is 7.54. The fourth-order valence-corrected chi connectivity index (χ4v) is 8.30. The maximum absolute atomic E-state index is 12.7. The summed E-state index contributed by atoms with van der Waals surface area (Å²) in [5.41, 5.74) is 5.37. The maximum atomic E-state index is 12.7. The van der Waals surface area contributed by atoms with E-state index in [-0.39, 0.29) is 32.6 Å². The van der Waals surface area contributed by atoms with E-state index in [4.69, 9.17) is 24.3 Å². The summed E-state index contributed by atoms with van der Waals surface area (Å²) in [6.45, 7) is 3.57. The number of phosphoric ester groups is 1. The SMILES string of the molecule is CC/C=C\C/C=C\C/C=C\C/C=C\C/C=C\C/C=C\CCCCCCCCCCCCCCCCCCC(=O)OC(COC(=O)CCCCCCC/C=C\C/C=C\CCCC)COP(=O)(O)OCCN. The van der Waals surface area contributed by atoms with Gasteiger partial charge in [-0.2, -0.15) is 0 Å². The standard InChI is InChI=1S/C60H104NO8P/c1-3-5-7-9-11-13-15-17-19-20-21-22-23-24-25-26-27-28-29-30-31-32-33-34-35-36-37-38-39-41-43-45-47-49-51-53-60(63)69-58(57-68-70(64,65)67-55-54-61)56-66-59(62)52-50-48-46-44-42-40-18-16-14-12-10-8-6-4-2/h5,7,10-13,16-19,21-22,24-25,27-28,58H,3-4,6,8-9,14-15,20,23,26,29-57,61H2,1-2H3,(H,64,65)/b7-5-,12-10-,13-11-,18-16-,19-17-,22-21-,25-24-,28-27-. The Morgan fingerprint density at radius 1 is 0.443 bits per heavy atom. The van der Waals surface area contributed by atoms with Gasteiger partial charge in [-0.25, -0.2) is 4.57 Å². The molecular weight excluding hydrogens is 894 g/mol. The smallest absolute Gasteiger partial charge is 0.462 e. The van der Waals surface area contributed by atoms with Crippen molar-refractivity contribution in [3.63, 3.8) is 0 Å². The Labute approximate surface area is 429 Å². The highest BCUT2D eigenvalue weighted by molar-refractivity contribution is 7.47. The van der Waals surface area contributed by atoms with Crippen molar-refractivity contribution < 1.29 is 37.6 Å². The van der Waals surface area contributed by atoms with Crippen molar-refractivity contribution in [1.29, 1.82) is 0 Å². The molecule has 0 aromatic heterocycles. The number of phosphoric acid groups is 1. The summed E-state index contributed by atoms with van der Waals surface area (Å²) in [6, 6.07) is 0. The Morgan fingerprint density at radius 2 is 0.786 bits per heavy atom. The number of carbonyl (C=O) groups is 2. The Bertz CT molecular complexity index is 1460. The zero-order valence-corrected chi connectivity index (χ0v) is 45.6. The van der Waals surface area contributed by atoms with Crippen LogP contribution in [0.1, 0.15) is 239 Å². The van der Waals surface area contributed by atoms with Crippen LogP contribution in [0.5, 0.6) is 0 Å². The van der Waals surface area contributed by atoms with E-state index < -0.39 is 32.5 Å². The normalized spacial score (nSPS) is 13.8. The van der Waals surface area contributed by atoms with E-state index in [0.29, 0.717) is 12.8 Å². The second-order valence-corrected chi connectivity index (χ2v) is 19.9. The third-order valence-electron chi connectivity index (χ3n) is 11.7. The molecule has 2 atom stereocenters. The van der Waals surface area contributed by atoms with Crippen LogP contribution < -0.4 is 5.73 Å². The predicted molar refractivity (Wildman–Crippen MR) is 298 cm³/mol. The largest absolute Gasteiger partial charge is 0.472 e. The predicted octanol–water partition coefficient (Wildman–Crippen LogP) is 17.7. The van der Waals surface area contributed by atoms with E-state index in [1.807, 2.05) is 0 Å². The lowest BCUT2D eigenvalue weighted by Crippen LogP contribution is -2.29. The first kappa shape index (κ1) is 66.9. The van der Waals surface area contributed by atoms with Crippen LogP contribution in [0.4, 0.5) is 0 Å². The third-order valence-corrected chi connectivity index (χ3v) is 12.7. The molecule has 0 aliphatic rings. The van der Waals surface area contributed by atoms with Crippen molar-refractivity contribution in [3.05, 3.63) is 97.2 Å². The first-order valence-corrected chi connectivity index (χ1v) is 29.7.